The number of nitriles is 2. The van der Waals surface area contributed by atoms with Crippen molar-refractivity contribution in [2.75, 3.05) is 36.8 Å². The minimum Gasteiger partial charge on any atom is -0.322 e. The minimum absolute atomic E-state index is 0.177. The Morgan fingerprint density at radius 2 is 1.03 bits per heavy atom. The molecule has 2 rings (SSSR count). The fraction of sp³-hybridized carbons (Fsp3) is 0.273. The number of rotatable bonds is 9. The molecule has 154 valence electrons. The molecule has 0 aliphatic rings. The first-order chi connectivity index (χ1) is 14.6. The molecule has 8 heteroatoms. The number of urea groups is 2. The Morgan fingerprint density at radius 1 is 0.667 bits per heavy atom. The first-order valence-corrected chi connectivity index (χ1v) is 9.60. The van der Waals surface area contributed by atoms with E-state index in [1.807, 2.05) is 48.5 Å². The third kappa shape index (κ3) is 7.53. The van der Waals surface area contributed by atoms with E-state index in [9.17, 15) is 9.59 Å². The van der Waals surface area contributed by atoms with Gasteiger partial charge in [-0.3, -0.25) is 0 Å². The van der Waals surface area contributed by atoms with Crippen LogP contribution in [0.2, 0.25) is 0 Å². The number of benzene rings is 2. The highest BCUT2D eigenvalue weighted by molar-refractivity contribution is 5.90. The SMILES string of the molecule is N#CCCN(CCN(CCC#N)C(=O)Nc1ccccc1)C(=O)Nc1ccccc1. The Balaban J connectivity index is 2.02. The molecule has 0 atom stereocenters. The van der Waals surface area contributed by atoms with Crippen molar-refractivity contribution in [1.82, 2.24) is 9.80 Å². The summed E-state index contributed by atoms with van der Waals surface area (Å²) in [4.78, 5) is 28.3. The summed E-state index contributed by atoms with van der Waals surface area (Å²) in [5.41, 5.74) is 1.29. The minimum atomic E-state index is -0.347. The van der Waals surface area contributed by atoms with E-state index in [0.29, 0.717) is 11.4 Å². The van der Waals surface area contributed by atoms with Crippen molar-refractivity contribution in [3.8, 4) is 12.1 Å². The number of carbonyl (C=O) groups excluding carboxylic acids is 2. The molecular weight excluding hydrogens is 380 g/mol. The number of nitrogens with zero attached hydrogens (tertiary/aromatic N) is 4. The zero-order chi connectivity index (χ0) is 21.6. The van der Waals surface area contributed by atoms with Crippen molar-refractivity contribution in [3.05, 3.63) is 60.7 Å². The predicted molar refractivity (Wildman–Crippen MR) is 115 cm³/mol. The maximum Gasteiger partial charge on any atom is 0.321 e. The second kappa shape index (κ2) is 12.4. The Kier molecular flexibility index (Phi) is 9.22. The van der Waals surface area contributed by atoms with Gasteiger partial charge in [0.05, 0.1) is 25.0 Å². The monoisotopic (exact) mass is 404 g/mol. The molecule has 2 N–H and O–H groups in total. The van der Waals surface area contributed by atoms with Gasteiger partial charge in [0.25, 0.3) is 0 Å². The van der Waals surface area contributed by atoms with Gasteiger partial charge in [0.2, 0.25) is 0 Å². The Bertz CT molecular complexity index is 814. The van der Waals surface area contributed by atoms with Crippen molar-refractivity contribution in [3.63, 3.8) is 0 Å². The number of hydrogen-bond donors (Lipinski definition) is 2. The molecule has 0 aliphatic heterocycles. The van der Waals surface area contributed by atoms with Crippen LogP contribution in [0.1, 0.15) is 12.8 Å². The number of para-hydroxylation sites is 2. The van der Waals surface area contributed by atoms with E-state index >= 15 is 0 Å². The maximum absolute atomic E-state index is 12.6. The Hall–Kier alpha value is -4.04. The van der Waals surface area contributed by atoms with E-state index in [-0.39, 0.29) is 51.1 Å². The summed E-state index contributed by atoms with van der Waals surface area (Å²) in [6.45, 7) is 0.936. The van der Waals surface area contributed by atoms with E-state index in [1.54, 1.807) is 24.3 Å². The summed E-state index contributed by atoms with van der Waals surface area (Å²) < 4.78 is 0. The molecule has 2 aromatic carbocycles. The lowest BCUT2D eigenvalue weighted by atomic mass is 10.3. The van der Waals surface area contributed by atoms with Crippen LogP contribution in [0.4, 0.5) is 21.0 Å². The summed E-state index contributed by atoms with van der Waals surface area (Å²) >= 11 is 0. The van der Waals surface area contributed by atoms with Crippen molar-refractivity contribution in [1.29, 1.82) is 10.5 Å². The van der Waals surface area contributed by atoms with E-state index < -0.39 is 0 Å². The zero-order valence-electron chi connectivity index (χ0n) is 16.6. The molecule has 0 aliphatic carbocycles. The van der Waals surface area contributed by atoms with Crippen LogP contribution in [0.15, 0.2) is 60.7 Å². The molecule has 0 saturated carbocycles. The predicted octanol–water partition coefficient (Wildman–Crippen LogP) is 3.88. The van der Waals surface area contributed by atoms with Crippen molar-refractivity contribution in [2.24, 2.45) is 0 Å². The second-order valence-electron chi connectivity index (χ2n) is 6.38. The molecular formula is C22H24N6O2. The molecule has 0 spiro atoms. The van der Waals surface area contributed by atoms with Crippen molar-refractivity contribution >= 4 is 23.4 Å². The highest BCUT2D eigenvalue weighted by atomic mass is 16.2. The smallest absolute Gasteiger partial charge is 0.321 e. The Morgan fingerprint density at radius 3 is 1.37 bits per heavy atom. The molecule has 0 saturated heterocycles. The average molecular weight is 404 g/mol. The molecule has 2 aromatic rings. The van der Waals surface area contributed by atoms with Gasteiger partial charge in [-0.25, -0.2) is 9.59 Å². The first-order valence-electron chi connectivity index (χ1n) is 9.60. The third-order valence-corrected chi connectivity index (χ3v) is 4.25. The summed E-state index contributed by atoms with van der Waals surface area (Å²) in [6.07, 6.45) is 0.354. The van der Waals surface area contributed by atoms with Gasteiger partial charge in [-0.05, 0) is 24.3 Å². The van der Waals surface area contributed by atoms with Crippen LogP contribution >= 0.6 is 0 Å². The molecule has 0 fully saturated rings. The number of nitrogens with one attached hydrogen (secondary N) is 2. The van der Waals surface area contributed by atoms with Gasteiger partial charge >= 0.3 is 12.1 Å². The highest BCUT2D eigenvalue weighted by Crippen LogP contribution is 2.09. The quantitative estimate of drug-likeness (QED) is 0.660. The van der Waals surface area contributed by atoms with E-state index in [0.717, 1.165) is 0 Å². The molecule has 8 nitrogen and oxygen atoms in total. The summed E-state index contributed by atoms with van der Waals surface area (Å²) in [5, 5.41) is 23.4. The lowest BCUT2D eigenvalue weighted by Crippen LogP contribution is -2.44. The van der Waals surface area contributed by atoms with Gasteiger partial charge in [-0.1, -0.05) is 36.4 Å². The van der Waals surface area contributed by atoms with Crippen LogP contribution in [0.25, 0.3) is 0 Å². The van der Waals surface area contributed by atoms with Crippen LogP contribution in [-0.4, -0.2) is 48.0 Å². The number of hydrogen-bond acceptors (Lipinski definition) is 4. The van der Waals surface area contributed by atoms with Gasteiger partial charge in [0.1, 0.15) is 0 Å². The van der Waals surface area contributed by atoms with Gasteiger partial charge < -0.3 is 20.4 Å². The summed E-state index contributed by atoms with van der Waals surface area (Å²) in [7, 11) is 0. The molecule has 0 aromatic heterocycles. The summed E-state index contributed by atoms with van der Waals surface area (Å²) in [5.74, 6) is 0. The molecule has 30 heavy (non-hydrogen) atoms. The topological polar surface area (TPSA) is 112 Å². The first kappa shape index (κ1) is 22.3. The molecule has 0 radical (unpaired) electrons. The van der Waals surface area contributed by atoms with Gasteiger partial charge in [0.15, 0.2) is 0 Å². The van der Waals surface area contributed by atoms with Gasteiger partial charge in [-0.15, -0.1) is 0 Å². The van der Waals surface area contributed by atoms with Crippen LogP contribution in [0, 0.1) is 22.7 Å². The van der Waals surface area contributed by atoms with E-state index in [4.69, 9.17) is 10.5 Å². The molecule has 0 unspecified atom stereocenters. The van der Waals surface area contributed by atoms with Crippen LogP contribution in [-0.2, 0) is 0 Å². The Labute approximate surface area is 176 Å². The van der Waals surface area contributed by atoms with Crippen LogP contribution in [0.3, 0.4) is 0 Å². The number of amides is 4. The lowest BCUT2D eigenvalue weighted by molar-refractivity contribution is 0.190. The molecule has 0 bridgehead atoms. The average Bonchev–Trinajstić information content (AvgIpc) is 2.77. The molecule has 0 heterocycles. The third-order valence-electron chi connectivity index (χ3n) is 4.25. The van der Waals surface area contributed by atoms with E-state index in [1.165, 1.54) is 9.80 Å². The zero-order valence-corrected chi connectivity index (χ0v) is 16.6. The van der Waals surface area contributed by atoms with Crippen LogP contribution in [0.5, 0.6) is 0 Å². The number of carbonyl (C=O) groups is 2. The fourth-order valence-electron chi connectivity index (χ4n) is 2.69. The van der Waals surface area contributed by atoms with Crippen molar-refractivity contribution < 1.29 is 9.59 Å². The lowest BCUT2D eigenvalue weighted by Gasteiger charge is -2.27. The van der Waals surface area contributed by atoms with E-state index in [2.05, 4.69) is 10.6 Å². The molecule has 4 amide bonds. The largest absolute Gasteiger partial charge is 0.322 e. The maximum atomic E-state index is 12.6. The standard InChI is InChI=1S/C22H24N6O2/c23-13-7-15-27(21(29)25-19-9-3-1-4-10-19)17-18-28(16-8-14-24)22(30)26-20-11-5-2-6-12-20/h1-6,9-12H,7-8,15-18H2,(H,25,29)(H,26,30). The normalized spacial score (nSPS) is 9.67. The van der Waals surface area contributed by atoms with Crippen LogP contribution < -0.4 is 10.6 Å². The second-order valence-corrected chi connectivity index (χ2v) is 6.38. The van der Waals surface area contributed by atoms with Gasteiger partial charge in [0, 0.05) is 37.6 Å². The highest BCUT2D eigenvalue weighted by Gasteiger charge is 2.18. The number of anilines is 2. The summed E-state index contributed by atoms with van der Waals surface area (Å²) in [6, 6.07) is 21.4. The fourth-order valence-corrected chi connectivity index (χ4v) is 2.69. The van der Waals surface area contributed by atoms with Crippen molar-refractivity contribution in [2.45, 2.75) is 12.8 Å². The van der Waals surface area contributed by atoms with Gasteiger partial charge in [-0.2, -0.15) is 10.5 Å².